The largest absolute Gasteiger partial charge is 1.00 e. The zero-order valence-corrected chi connectivity index (χ0v) is 19.2. The normalized spacial score (nSPS) is 11.2. The smallest absolute Gasteiger partial charge is 0.399 e. The molecule has 144 valence electrons. The molecule has 0 aliphatic heterocycles. The van der Waals surface area contributed by atoms with E-state index in [0.29, 0.717) is 6.07 Å². The number of rotatable bonds is 2. The van der Waals surface area contributed by atoms with Crippen molar-refractivity contribution in [2.24, 2.45) is 0 Å². The van der Waals surface area contributed by atoms with E-state index in [-0.39, 0.29) is 46.0 Å². The van der Waals surface area contributed by atoms with Gasteiger partial charge in [-0.15, -0.1) is 12.6 Å². The average Bonchev–Trinajstić information content (AvgIpc) is 2.55. The second kappa shape index (κ2) is 9.46. The molecule has 0 saturated heterocycles. The summed E-state index contributed by atoms with van der Waals surface area (Å²) in [6.07, 6.45) is 0. The number of hydrogen-bond acceptors (Lipinski definition) is 7. The third kappa shape index (κ3) is 6.36. The number of thiol groups is 1. The van der Waals surface area contributed by atoms with Gasteiger partial charge in [0.25, 0.3) is 20.2 Å². The SMILES string of the molecule is Nc1ccc2cc(S(=O)(=O)O)cc(S(=O)(=O)O)c2c1.Nc1ccccc1S.[Na+]. The Labute approximate surface area is 190 Å². The van der Waals surface area contributed by atoms with Crippen molar-refractivity contribution in [3.63, 3.8) is 0 Å². The van der Waals surface area contributed by atoms with Gasteiger partial charge in [0.15, 0.2) is 0 Å². The Bertz CT molecular complexity index is 1190. The Balaban J connectivity index is 0.000000367. The number of anilines is 2. The molecule has 0 amide bonds. The second-order valence-electron chi connectivity index (χ2n) is 5.41. The summed E-state index contributed by atoms with van der Waals surface area (Å²) in [6.45, 7) is 0. The van der Waals surface area contributed by atoms with Crippen LogP contribution in [0.2, 0.25) is 0 Å². The first-order valence-electron chi connectivity index (χ1n) is 7.21. The van der Waals surface area contributed by atoms with Gasteiger partial charge >= 0.3 is 29.6 Å². The molecule has 0 atom stereocenters. The van der Waals surface area contributed by atoms with Crippen molar-refractivity contribution >= 4 is 55.0 Å². The van der Waals surface area contributed by atoms with E-state index >= 15 is 0 Å². The van der Waals surface area contributed by atoms with Crippen LogP contribution in [0, 0.1) is 0 Å². The Hall–Kier alpha value is -1.31. The van der Waals surface area contributed by atoms with Gasteiger partial charge in [-0.25, -0.2) is 0 Å². The van der Waals surface area contributed by atoms with Crippen molar-refractivity contribution in [1.29, 1.82) is 0 Å². The number of benzene rings is 3. The van der Waals surface area contributed by atoms with Gasteiger partial charge in [0.1, 0.15) is 4.90 Å². The Morgan fingerprint density at radius 2 is 1.43 bits per heavy atom. The summed E-state index contributed by atoms with van der Waals surface area (Å²) in [7, 11) is -9.25. The maximum Gasteiger partial charge on any atom is 1.00 e. The summed E-state index contributed by atoms with van der Waals surface area (Å²) in [5.74, 6) is 0. The first-order chi connectivity index (χ1) is 12.4. The van der Waals surface area contributed by atoms with E-state index in [0.717, 1.165) is 16.6 Å². The minimum atomic E-state index is -4.66. The summed E-state index contributed by atoms with van der Waals surface area (Å²) in [6, 6.07) is 13.3. The minimum absolute atomic E-state index is 0. The monoisotopic (exact) mass is 451 g/mol. The quantitative estimate of drug-likeness (QED) is 0.150. The van der Waals surface area contributed by atoms with Gasteiger partial charge < -0.3 is 11.5 Å². The first kappa shape index (κ1) is 24.7. The first-order valence-corrected chi connectivity index (χ1v) is 10.5. The van der Waals surface area contributed by atoms with E-state index in [1.54, 1.807) is 0 Å². The predicted octanol–water partition coefficient (Wildman–Crippen LogP) is -0.523. The zero-order chi connectivity index (χ0) is 20.4. The molecule has 3 rings (SSSR count). The molecule has 0 radical (unpaired) electrons. The second-order valence-corrected chi connectivity index (χ2v) is 8.70. The van der Waals surface area contributed by atoms with Crippen LogP contribution in [0.15, 0.2) is 69.3 Å². The molecule has 0 spiro atoms. The van der Waals surface area contributed by atoms with Crippen LogP contribution in [0.4, 0.5) is 11.4 Å². The molecule has 0 aliphatic carbocycles. The molecule has 28 heavy (non-hydrogen) atoms. The van der Waals surface area contributed by atoms with Gasteiger partial charge in [0.2, 0.25) is 0 Å². The molecule has 3 aromatic carbocycles. The van der Waals surface area contributed by atoms with Crippen LogP contribution in [0.1, 0.15) is 0 Å². The number of para-hydroxylation sites is 1. The van der Waals surface area contributed by atoms with Gasteiger partial charge in [0.05, 0.1) is 4.90 Å². The molecular formula is C16H16N2NaO6S3+. The fraction of sp³-hybridized carbons (Fsp3) is 0. The molecule has 0 heterocycles. The fourth-order valence-corrected chi connectivity index (χ4v) is 3.67. The molecule has 8 nitrogen and oxygen atoms in total. The Kier molecular flexibility index (Phi) is 8.35. The third-order valence-corrected chi connectivity index (χ3v) is 5.56. The number of nitrogen functional groups attached to an aromatic ring is 2. The molecule has 0 unspecified atom stereocenters. The van der Waals surface area contributed by atoms with Crippen molar-refractivity contribution in [1.82, 2.24) is 0 Å². The van der Waals surface area contributed by atoms with Gasteiger partial charge in [-0.2, -0.15) is 16.8 Å². The van der Waals surface area contributed by atoms with E-state index in [1.165, 1.54) is 18.2 Å². The van der Waals surface area contributed by atoms with Crippen LogP contribution in [0.5, 0.6) is 0 Å². The van der Waals surface area contributed by atoms with Crippen LogP contribution in [0.25, 0.3) is 10.8 Å². The van der Waals surface area contributed by atoms with Crippen molar-refractivity contribution in [3.8, 4) is 0 Å². The van der Waals surface area contributed by atoms with Crippen molar-refractivity contribution in [3.05, 3.63) is 54.6 Å². The molecule has 6 N–H and O–H groups in total. The van der Waals surface area contributed by atoms with Crippen LogP contribution in [-0.2, 0) is 20.2 Å². The van der Waals surface area contributed by atoms with Crippen LogP contribution in [-0.4, -0.2) is 25.9 Å². The minimum Gasteiger partial charge on any atom is -0.399 e. The average molecular weight is 452 g/mol. The Morgan fingerprint density at radius 1 is 0.821 bits per heavy atom. The van der Waals surface area contributed by atoms with E-state index in [4.69, 9.17) is 20.6 Å². The predicted molar refractivity (Wildman–Crippen MR) is 106 cm³/mol. The summed E-state index contributed by atoms with van der Waals surface area (Å²) >= 11 is 4.07. The topological polar surface area (TPSA) is 161 Å². The van der Waals surface area contributed by atoms with Gasteiger partial charge in [-0.05, 0) is 41.8 Å². The maximum atomic E-state index is 11.3. The van der Waals surface area contributed by atoms with Crippen molar-refractivity contribution in [2.45, 2.75) is 14.7 Å². The molecule has 0 bridgehead atoms. The fourth-order valence-electron chi connectivity index (χ4n) is 2.16. The molecule has 3 aromatic rings. The number of fused-ring (bicyclic) bond motifs is 1. The maximum absolute atomic E-state index is 11.3. The summed E-state index contributed by atoms with van der Waals surface area (Å²) in [5.41, 5.74) is 11.9. The zero-order valence-electron chi connectivity index (χ0n) is 14.6. The van der Waals surface area contributed by atoms with Gasteiger partial charge in [-0.3, -0.25) is 9.11 Å². The number of hydrogen-bond donors (Lipinski definition) is 5. The van der Waals surface area contributed by atoms with Crippen LogP contribution < -0.4 is 41.0 Å². The molecular weight excluding hydrogens is 435 g/mol. The van der Waals surface area contributed by atoms with Crippen molar-refractivity contribution in [2.75, 3.05) is 11.5 Å². The molecule has 0 aliphatic rings. The standard InChI is InChI=1S/C10H9NO6S2.C6H7NS.Na/c11-7-2-1-6-3-8(18(12,13)14)5-10(9(6)4-7)19(15,16)17;7-5-3-1-2-4-6(5)8;/h1-5H,11H2,(H,12,13,14)(H,15,16,17);1-4,8H,7H2;/q;;+1. The molecule has 0 saturated carbocycles. The van der Waals surface area contributed by atoms with Gasteiger partial charge in [-0.1, -0.05) is 18.2 Å². The molecule has 0 fully saturated rings. The van der Waals surface area contributed by atoms with Crippen LogP contribution in [0.3, 0.4) is 0 Å². The molecule has 0 aromatic heterocycles. The van der Waals surface area contributed by atoms with Crippen molar-refractivity contribution < 1.29 is 55.5 Å². The number of nitrogens with two attached hydrogens (primary N) is 2. The van der Waals surface area contributed by atoms with E-state index in [2.05, 4.69) is 12.6 Å². The summed E-state index contributed by atoms with van der Waals surface area (Å²) in [4.78, 5) is -0.421. The van der Waals surface area contributed by atoms with Gasteiger partial charge in [0, 0.05) is 21.7 Å². The van der Waals surface area contributed by atoms with E-state index in [9.17, 15) is 16.8 Å². The Morgan fingerprint density at radius 3 is 1.89 bits per heavy atom. The van der Waals surface area contributed by atoms with E-state index in [1.807, 2.05) is 24.3 Å². The molecule has 12 heteroatoms. The van der Waals surface area contributed by atoms with Crippen LogP contribution >= 0.6 is 12.6 Å². The van der Waals surface area contributed by atoms with E-state index < -0.39 is 30.0 Å². The summed E-state index contributed by atoms with van der Waals surface area (Å²) < 4.78 is 62.8. The third-order valence-electron chi connectivity index (χ3n) is 3.43. The summed E-state index contributed by atoms with van der Waals surface area (Å²) in [5, 5.41) is 0.270.